The molecule has 0 radical (unpaired) electrons. The second-order valence-corrected chi connectivity index (χ2v) is 4.11. The highest BCUT2D eigenvalue weighted by Gasteiger charge is 2.15. The fourth-order valence-electron chi connectivity index (χ4n) is 1.64. The van der Waals surface area contributed by atoms with Crippen molar-refractivity contribution in [2.24, 2.45) is 0 Å². The van der Waals surface area contributed by atoms with Gasteiger partial charge in [-0.05, 0) is 36.4 Å². The van der Waals surface area contributed by atoms with Crippen molar-refractivity contribution >= 4 is 17.9 Å². The van der Waals surface area contributed by atoms with Crippen LogP contribution in [0.4, 0.5) is 0 Å². The molecule has 0 N–H and O–H groups in total. The number of carbonyl (C=O) groups excluding carboxylic acids is 3. The number of hydrogen-bond donors (Lipinski definition) is 0. The van der Waals surface area contributed by atoms with Crippen molar-refractivity contribution < 1.29 is 23.9 Å². The number of methoxy groups -OCH3 is 1. The average Bonchev–Trinajstić information content (AvgIpc) is 2.55. The highest BCUT2D eigenvalue weighted by molar-refractivity contribution is 6.03. The fraction of sp³-hybridized carbons (Fsp3) is 0.0625. The molecule has 0 aliphatic heterocycles. The molecule has 2 aromatic rings. The lowest BCUT2D eigenvalue weighted by atomic mass is 10.1. The Hall–Kier alpha value is -2.95. The van der Waals surface area contributed by atoms with Gasteiger partial charge < -0.3 is 9.47 Å². The summed E-state index contributed by atoms with van der Waals surface area (Å²) in [7, 11) is 1.27. The van der Waals surface area contributed by atoms with Crippen LogP contribution in [0.3, 0.4) is 0 Å². The van der Waals surface area contributed by atoms with E-state index in [0.29, 0.717) is 5.56 Å². The van der Waals surface area contributed by atoms with E-state index in [1.165, 1.54) is 31.4 Å². The number of rotatable bonds is 3. The summed E-state index contributed by atoms with van der Waals surface area (Å²) in [5, 5.41) is 0. The third-order valence-corrected chi connectivity index (χ3v) is 2.74. The van der Waals surface area contributed by atoms with E-state index in [2.05, 4.69) is 4.74 Å². The Morgan fingerprint density at radius 2 is 1.10 bits per heavy atom. The number of benzene rings is 2. The van der Waals surface area contributed by atoms with Crippen molar-refractivity contribution in [3.8, 4) is 0 Å². The maximum absolute atomic E-state index is 11.8. The van der Waals surface area contributed by atoms with E-state index < -0.39 is 17.9 Å². The zero-order valence-electron chi connectivity index (χ0n) is 11.2. The molecule has 0 aliphatic rings. The number of hydrogen-bond acceptors (Lipinski definition) is 5. The van der Waals surface area contributed by atoms with Crippen LogP contribution in [-0.4, -0.2) is 25.0 Å². The van der Waals surface area contributed by atoms with E-state index in [-0.39, 0.29) is 11.1 Å². The van der Waals surface area contributed by atoms with Gasteiger partial charge in [0, 0.05) is 0 Å². The number of carbonyl (C=O) groups is 3. The first-order chi connectivity index (χ1) is 10.1. The molecule has 106 valence electrons. The lowest BCUT2D eigenvalue weighted by molar-refractivity contribution is 0.0396. The predicted molar refractivity (Wildman–Crippen MR) is 74.0 cm³/mol. The normalized spacial score (nSPS) is 9.76. The molecule has 0 bridgehead atoms. The molecule has 0 atom stereocenters. The average molecular weight is 284 g/mol. The number of esters is 3. The van der Waals surface area contributed by atoms with Crippen LogP contribution in [-0.2, 0) is 9.47 Å². The second kappa shape index (κ2) is 6.47. The van der Waals surface area contributed by atoms with Crippen LogP contribution in [0, 0.1) is 0 Å². The molecule has 2 rings (SSSR count). The van der Waals surface area contributed by atoms with Crippen LogP contribution in [0.2, 0.25) is 0 Å². The highest BCUT2D eigenvalue weighted by atomic mass is 16.6. The molecule has 5 nitrogen and oxygen atoms in total. The Bertz CT molecular complexity index is 659. The Labute approximate surface area is 121 Å². The van der Waals surface area contributed by atoms with Gasteiger partial charge in [0.2, 0.25) is 0 Å². The molecule has 0 saturated heterocycles. The van der Waals surface area contributed by atoms with Crippen molar-refractivity contribution in [2.45, 2.75) is 0 Å². The topological polar surface area (TPSA) is 69.7 Å². The monoisotopic (exact) mass is 284 g/mol. The van der Waals surface area contributed by atoms with E-state index in [1.54, 1.807) is 30.3 Å². The molecule has 2 aromatic carbocycles. The fourth-order valence-corrected chi connectivity index (χ4v) is 1.64. The quantitative estimate of drug-likeness (QED) is 0.639. The zero-order valence-corrected chi connectivity index (χ0v) is 11.2. The molecule has 0 heterocycles. The van der Waals surface area contributed by atoms with E-state index >= 15 is 0 Å². The van der Waals surface area contributed by atoms with Crippen molar-refractivity contribution in [3.05, 3.63) is 71.3 Å². The molecule has 0 fully saturated rings. The smallest absolute Gasteiger partial charge is 0.346 e. The SMILES string of the molecule is COC(=O)c1ccc(C(=O)OC(=O)c2ccccc2)cc1. The standard InChI is InChI=1S/C16H12O5/c1-20-14(17)12-7-9-13(10-8-12)16(19)21-15(18)11-5-3-2-4-6-11/h2-10H,1H3. The van der Waals surface area contributed by atoms with Gasteiger partial charge in [-0.25, -0.2) is 14.4 Å². The Morgan fingerprint density at radius 3 is 1.57 bits per heavy atom. The summed E-state index contributed by atoms with van der Waals surface area (Å²) in [5.74, 6) is -2.01. The molecule has 0 spiro atoms. The van der Waals surface area contributed by atoms with Crippen LogP contribution in [0.25, 0.3) is 0 Å². The third kappa shape index (κ3) is 3.54. The van der Waals surface area contributed by atoms with Gasteiger partial charge in [-0.1, -0.05) is 18.2 Å². The summed E-state index contributed by atoms with van der Waals surface area (Å²) in [4.78, 5) is 34.8. The van der Waals surface area contributed by atoms with E-state index in [1.807, 2.05) is 0 Å². The van der Waals surface area contributed by atoms with Gasteiger partial charge in [0.05, 0.1) is 23.8 Å². The predicted octanol–water partition coefficient (Wildman–Crippen LogP) is 2.47. The minimum absolute atomic E-state index is 0.173. The summed E-state index contributed by atoms with van der Waals surface area (Å²) < 4.78 is 9.30. The van der Waals surface area contributed by atoms with E-state index in [9.17, 15) is 14.4 Å². The van der Waals surface area contributed by atoms with Crippen LogP contribution in [0.1, 0.15) is 31.1 Å². The van der Waals surface area contributed by atoms with Gasteiger partial charge >= 0.3 is 17.9 Å². The first-order valence-electron chi connectivity index (χ1n) is 6.12. The van der Waals surface area contributed by atoms with Gasteiger partial charge in [0.25, 0.3) is 0 Å². The van der Waals surface area contributed by atoms with Gasteiger partial charge in [-0.2, -0.15) is 0 Å². The summed E-state index contributed by atoms with van der Waals surface area (Å²) in [5.41, 5.74) is 0.771. The maximum Gasteiger partial charge on any atom is 0.346 e. The molecule has 5 heteroatoms. The van der Waals surface area contributed by atoms with Crippen molar-refractivity contribution in [3.63, 3.8) is 0 Å². The summed E-state index contributed by atoms with van der Waals surface area (Å²) in [6.45, 7) is 0. The van der Waals surface area contributed by atoms with Gasteiger partial charge in [-0.15, -0.1) is 0 Å². The molecule has 0 saturated carbocycles. The first-order valence-corrected chi connectivity index (χ1v) is 6.12. The van der Waals surface area contributed by atoms with E-state index in [4.69, 9.17) is 4.74 Å². The van der Waals surface area contributed by atoms with Crippen LogP contribution < -0.4 is 0 Å². The maximum atomic E-state index is 11.8. The third-order valence-electron chi connectivity index (χ3n) is 2.74. The van der Waals surface area contributed by atoms with Crippen LogP contribution in [0.15, 0.2) is 54.6 Å². The second-order valence-electron chi connectivity index (χ2n) is 4.11. The number of ether oxygens (including phenoxy) is 2. The Morgan fingerprint density at radius 1 is 0.667 bits per heavy atom. The van der Waals surface area contributed by atoms with Gasteiger partial charge in [0.1, 0.15) is 0 Å². The highest BCUT2D eigenvalue weighted by Crippen LogP contribution is 2.09. The molecule has 21 heavy (non-hydrogen) atoms. The molecule has 0 aromatic heterocycles. The molecular weight excluding hydrogens is 272 g/mol. The minimum atomic E-state index is -0.778. The van der Waals surface area contributed by atoms with Gasteiger partial charge in [-0.3, -0.25) is 0 Å². The minimum Gasteiger partial charge on any atom is -0.465 e. The lowest BCUT2D eigenvalue weighted by Gasteiger charge is -2.04. The van der Waals surface area contributed by atoms with Crippen molar-refractivity contribution in [2.75, 3.05) is 7.11 Å². The van der Waals surface area contributed by atoms with Crippen LogP contribution in [0.5, 0.6) is 0 Å². The zero-order chi connectivity index (χ0) is 15.2. The molecule has 0 unspecified atom stereocenters. The van der Waals surface area contributed by atoms with Crippen LogP contribution >= 0.6 is 0 Å². The Kier molecular flexibility index (Phi) is 4.46. The molecule has 0 amide bonds. The summed E-state index contributed by atoms with van der Waals surface area (Å²) in [6.07, 6.45) is 0. The molecular formula is C16H12O5. The van der Waals surface area contributed by atoms with Gasteiger partial charge in [0.15, 0.2) is 0 Å². The largest absolute Gasteiger partial charge is 0.465 e. The molecule has 0 aliphatic carbocycles. The van der Waals surface area contributed by atoms with Crippen molar-refractivity contribution in [1.29, 1.82) is 0 Å². The summed E-state index contributed by atoms with van der Waals surface area (Å²) >= 11 is 0. The van der Waals surface area contributed by atoms with E-state index in [0.717, 1.165) is 0 Å². The lowest BCUT2D eigenvalue weighted by Crippen LogP contribution is -2.13. The van der Waals surface area contributed by atoms with Crippen molar-refractivity contribution in [1.82, 2.24) is 0 Å². The first kappa shape index (κ1) is 14.5. The Balaban J connectivity index is 2.07. The summed E-state index contributed by atoms with van der Waals surface area (Å²) in [6, 6.07) is 13.8.